The number of ether oxygens (including phenoxy) is 1. The molecule has 1 aliphatic heterocycles. The van der Waals surface area contributed by atoms with Crippen molar-refractivity contribution < 1.29 is 23.1 Å². The summed E-state index contributed by atoms with van der Waals surface area (Å²) in [6.07, 6.45) is 4.39. The summed E-state index contributed by atoms with van der Waals surface area (Å²) >= 11 is 0. The largest absolute Gasteiger partial charge is 0.481 e. The van der Waals surface area contributed by atoms with E-state index in [1.165, 1.54) is 15.4 Å². The van der Waals surface area contributed by atoms with Crippen LogP contribution in [0.3, 0.4) is 0 Å². The molecule has 0 spiro atoms. The Balaban J connectivity index is 1.48. The number of morpholine rings is 1. The van der Waals surface area contributed by atoms with Crippen molar-refractivity contribution in [1.29, 1.82) is 0 Å². The molecular formula is C29H30N2O5S. The molecular weight excluding hydrogens is 488 g/mol. The van der Waals surface area contributed by atoms with Crippen LogP contribution in [-0.4, -0.2) is 54.7 Å². The first-order chi connectivity index (χ1) is 17.9. The Hall–Kier alpha value is -3.46. The minimum atomic E-state index is -3.56. The van der Waals surface area contributed by atoms with Gasteiger partial charge < -0.3 is 14.4 Å². The third kappa shape index (κ3) is 5.61. The Morgan fingerprint density at radius 1 is 0.865 bits per heavy atom. The molecule has 192 valence electrons. The van der Waals surface area contributed by atoms with Crippen molar-refractivity contribution in [2.24, 2.45) is 0 Å². The van der Waals surface area contributed by atoms with Crippen LogP contribution < -0.4 is 0 Å². The Morgan fingerprint density at radius 2 is 1.59 bits per heavy atom. The van der Waals surface area contributed by atoms with Gasteiger partial charge in [0.05, 0.1) is 23.6 Å². The molecule has 5 rings (SSSR count). The average molecular weight is 519 g/mol. The van der Waals surface area contributed by atoms with E-state index in [-0.39, 0.29) is 11.3 Å². The van der Waals surface area contributed by atoms with Gasteiger partial charge in [-0.1, -0.05) is 36.4 Å². The van der Waals surface area contributed by atoms with E-state index in [0.717, 1.165) is 35.0 Å². The fraction of sp³-hybridized carbons (Fsp3) is 0.276. The molecule has 1 N–H and O–H groups in total. The topological polar surface area (TPSA) is 88.8 Å². The number of carboxylic acid groups (broad SMARTS) is 1. The second-order valence-corrected chi connectivity index (χ2v) is 11.2. The molecule has 0 radical (unpaired) electrons. The normalized spacial score (nSPS) is 14.7. The van der Waals surface area contributed by atoms with Gasteiger partial charge in [0.15, 0.2) is 0 Å². The predicted octanol–water partition coefficient (Wildman–Crippen LogP) is 4.45. The summed E-state index contributed by atoms with van der Waals surface area (Å²) in [5.41, 5.74) is 5.28. The van der Waals surface area contributed by atoms with Crippen LogP contribution in [0.2, 0.25) is 0 Å². The first-order valence-corrected chi connectivity index (χ1v) is 13.9. The summed E-state index contributed by atoms with van der Waals surface area (Å²) in [6.45, 7) is 1.54. The zero-order chi connectivity index (χ0) is 25.8. The monoisotopic (exact) mass is 518 g/mol. The van der Waals surface area contributed by atoms with Gasteiger partial charge in [-0.3, -0.25) is 4.79 Å². The van der Waals surface area contributed by atoms with Crippen LogP contribution in [0, 0.1) is 0 Å². The molecule has 0 unspecified atom stereocenters. The molecule has 2 heterocycles. The van der Waals surface area contributed by atoms with E-state index in [4.69, 9.17) is 9.84 Å². The van der Waals surface area contributed by atoms with Gasteiger partial charge in [-0.15, -0.1) is 0 Å². The first-order valence-electron chi connectivity index (χ1n) is 12.5. The average Bonchev–Trinajstić information content (AvgIpc) is 3.29. The molecule has 0 amide bonds. The molecule has 8 heteroatoms. The summed E-state index contributed by atoms with van der Waals surface area (Å²) in [5, 5.41) is 10.2. The zero-order valence-electron chi connectivity index (χ0n) is 20.5. The number of rotatable bonds is 9. The summed E-state index contributed by atoms with van der Waals surface area (Å²) in [4.78, 5) is 11.4. The highest BCUT2D eigenvalue weighted by atomic mass is 32.2. The van der Waals surface area contributed by atoms with Crippen LogP contribution in [0.4, 0.5) is 0 Å². The zero-order valence-corrected chi connectivity index (χ0v) is 21.4. The van der Waals surface area contributed by atoms with Crippen molar-refractivity contribution >= 4 is 26.9 Å². The standard InChI is InChI=1S/C29H30N2O5S/c32-29(33)15-8-23-7-14-28-27(20-23)24(9-6-22-4-2-1-3-5-22)21-31(28)25-10-12-26(13-11-25)37(34,35)30-16-18-36-19-17-30/h1-5,7,10-14,20-21H,6,8-9,15-19H2,(H,32,33). The van der Waals surface area contributed by atoms with Gasteiger partial charge in [0.2, 0.25) is 10.0 Å². The molecule has 4 aromatic rings. The number of aliphatic carboxylic acids is 1. The number of carbonyl (C=O) groups is 1. The molecule has 1 aromatic heterocycles. The Morgan fingerprint density at radius 3 is 2.30 bits per heavy atom. The second-order valence-electron chi connectivity index (χ2n) is 9.27. The summed E-state index contributed by atoms with van der Waals surface area (Å²) < 4.78 is 34.9. The minimum Gasteiger partial charge on any atom is -0.481 e. The van der Waals surface area contributed by atoms with E-state index in [0.29, 0.717) is 32.7 Å². The maximum Gasteiger partial charge on any atom is 0.303 e. The van der Waals surface area contributed by atoms with E-state index in [9.17, 15) is 13.2 Å². The number of benzene rings is 3. The van der Waals surface area contributed by atoms with E-state index in [1.807, 2.05) is 42.5 Å². The molecule has 0 aliphatic carbocycles. The van der Waals surface area contributed by atoms with Crippen LogP contribution in [0.1, 0.15) is 23.1 Å². The predicted molar refractivity (Wildman–Crippen MR) is 143 cm³/mol. The van der Waals surface area contributed by atoms with Gasteiger partial charge >= 0.3 is 5.97 Å². The fourth-order valence-electron chi connectivity index (χ4n) is 4.80. The van der Waals surface area contributed by atoms with Crippen molar-refractivity contribution in [3.8, 4) is 5.69 Å². The van der Waals surface area contributed by atoms with E-state index in [1.54, 1.807) is 12.1 Å². The fourth-order valence-corrected chi connectivity index (χ4v) is 6.21. The lowest BCUT2D eigenvalue weighted by atomic mass is 10.0. The number of aromatic nitrogens is 1. The lowest BCUT2D eigenvalue weighted by Gasteiger charge is -2.26. The number of nitrogens with zero attached hydrogens (tertiary/aromatic N) is 2. The third-order valence-electron chi connectivity index (χ3n) is 6.83. The Kier molecular flexibility index (Phi) is 7.41. The van der Waals surface area contributed by atoms with Crippen molar-refractivity contribution in [2.45, 2.75) is 30.6 Å². The maximum absolute atomic E-state index is 13.0. The Labute approximate surface area is 217 Å². The highest BCUT2D eigenvalue weighted by Gasteiger charge is 2.26. The summed E-state index contributed by atoms with van der Waals surface area (Å²) in [5.74, 6) is -0.811. The number of sulfonamides is 1. The van der Waals surface area contributed by atoms with Gasteiger partial charge in [0.25, 0.3) is 0 Å². The number of hydrogen-bond acceptors (Lipinski definition) is 4. The molecule has 0 bridgehead atoms. The maximum atomic E-state index is 13.0. The minimum absolute atomic E-state index is 0.0879. The highest BCUT2D eigenvalue weighted by Crippen LogP contribution is 2.29. The quantitative estimate of drug-likeness (QED) is 0.354. The van der Waals surface area contributed by atoms with Crippen LogP contribution in [0.5, 0.6) is 0 Å². The lowest BCUT2D eigenvalue weighted by molar-refractivity contribution is -0.136. The van der Waals surface area contributed by atoms with Crippen molar-refractivity contribution in [1.82, 2.24) is 8.87 Å². The van der Waals surface area contributed by atoms with Crippen LogP contribution in [0.15, 0.2) is 83.9 Å². The smallest absolute Gasteiger partial charge is 0.303 e. The lowest BCUT2D eigenvalue weighted by Crippen LogP contribution is -2.40. The van der Waals surface area contributed by atoms with Crippen LogP contribution in [0.25, 0.3) is 16.6 Å². The summed E-state index contributed by atoms with van der Waals surface area (Å²) in [6, 6.07) is 23.4. The number of aryl methyl sites for hydroxylation is 3. The van der Waals surface area contributed by atoms with Crippen molar-refractivity contribution in [2.75, 3.05) is 26.3 Å². The molecule has 0 saturated carbocycles. The van der Waals surface area contributed by atoms with Gasteiger partial charge in [-0.25, -0.2) is 8.42 Å². The number of hydrogen-bond donors (Lipinski definition) is 1. The molecule has 1 saturated heterocycles. The van der Waals surface area contributed by atoms with Gasteiger partial charge in [-0.05, 0) is 72.4 Å². The SMILES string of the molecule is O=C(O)CCc1ccc2c(c1)c(CCc1ccccc1)cn2-c1ccc(S(=O)(=O)N2CCOCC2)cc1. The van der Waals surface area contributed by atoms with E-state index < -0.39 is 16.0 Å². The van der Waals surface area contributed by atoms with Crippen molar-refractivity contribution in [3.05, 3.63) is 95.7 Å². The van der Waals surface area contributed by atoms with Crippen LogP contribution >= 0.6 is 0 Å². The Bertz CT molecular complexity index is 1490. The molecule has 37 heavy (non-hydrogen) atoms. The second kappa shape index (κ2) is 10.9. The summed E-state index contributed by atoms with van der Waals surface area (Å²) in [7, 11) is -3.56. The van der Waals surface area contributed by atoms with Gasteiger partial charge in [0, 0.05) is 36.8 Å². The molecule has 1 fully saturated rings. The van der Waals surface area contributed by atoms with E-state index >= 15 is 0 Å². The molecule has 0 atom stereocenters. The highest BCUT2D eigenvalue weighted by molar-refractivity contribution is 7.89. The molecule has 7 nitrogen and oxygen atoms in total. The van der Waals surface area contributed by atoms with E-state index in [2.05, 4.69) is 29.0 Å². The number of carboxylic acids is 1. The van der Waals surface area contributed by atoms with Crippen molar-refractivity contribution in [3.63, 3.8) is 0 Å². The first kappa shape index (κ1) is 25.2. The van der Waals surface area contributed by atoms with Gasteiger partial charge in [0.1, 0.15) is 0 Å². The molecule has 1 aliphatic rings. The molecule has 3 aromatic carbocycles. The van der Waals surface area contributed by atoms with Gasteiger partial charge in [-0.2, -0.15) is 4.31 Å². The number of fused-ring (bicyclic) bond motifs is 1. The third-order valence-corrected chi connectivity index (χ3v) is 8.74. The van der Waals surface area contributed by atoms with Crippen LogP contribution in [-0.2, 0) is 38.8 Å².